The van der Waals surface area contributed by atoms with Crippen molar-refractivity contribution in [1.29, 1.82) is 0 Å². The Labute approximate surface area is 165 Å². The zero-order valence-electron chi connectivity index (χ0n) is 16.4. The summed E-state index contributed by atoms with van der Waals surface area (Å²) in [6.07, 6.45) is 6.38. The third kappa shape index (κ3) is 3.67. The maximum Gasteiger partial charge on any atom is 0.274 e. The van der Waals surface area contributed by atoms with Crippen molar-refractivity contribution in [2.75, 3.05) is 16.8 Å². The largest absolute Gasteiger partial charge is 0.354 e. The smallest absolute Gasteiger partial charge is 0.274 e. The molecule has 3 aromatic rings. The summed E-state index contributed by atoms with van der Waals surface area (Å²) in [5.74, 6) is 1.22. The Kier molecular flexibility index (Phi) is 5.19. The predicted octanol–water partition coefficient (Wildman–Crippen LogP) is 4.35. The van der Waals surface area contributed by atoms with Crippen molar-refractivity contribution in [1.82, 2.24) is 15.0 Å². The van der Waals surface area contributed by atoms with Crippen molar-refractivity contribution in [3.05, 3.63) is 54.1 Å². The number of hydrogen-bond donors (Lipinski definition) is 1. The lowest BCUT2D eigenvalue weighted by Gasteiger charge is -2.36. The van der Waals surface area contributed by atoms with Gasteiger partial charge in [0.05, 0.1) is 11.2 Å². The molecule has 2 aromatic heterocycles. The summed E-state index contributed by atoms with van der Waals surface area (Å²) in [5, 5.41) is 3.96. The Morgan fingerprint density at radius 2 is 2.07 bits per heavy atom. The zero-order chi connectivity index (χ0) is 19.5. The lowest BCUT2D eigenvalue weighted by molar-refractivity contribution is 0.102. The number of rotatable bonds is 4. The van der Waals surface area contributed by atoms with Gasteiger partial charge in [0.2, 0.25) is 0 Å². The summed E-state index contributed by atoms with van der Waals surface area (Å²) in [7, 11) is 0. The summed E-state index contributed by atoms with van der Waals surface area (Å²) >= 11 is 0. The van der Waals surface area contributed by atoms with Gasteiger partial charge in [0.25, 0.3) is 5.91 Å². The first-order valence-electron chi connectivity index (χ1n) is 9.93. The molecule has 1 aromatic carbocycles. The van der Waals surface area contributed by atoms with Crippen LogP contribution in [0.5, 0.6) is 0 Å². The number of piperidine rings is 1. The Balaban J connectivity index is 1.63. The number of nitrogens with zero attached hydrogens (tertiary/aromatic N) is 4. The van der Waals surface area contributed by atoms with E-state index in [9.17, 15) is 4.79 Å². The van der Waals surface area contributed by atoms with E-state index in [1.807, 2.05) is 43.3 Å². The number of amides is 1. The fraction of sp³-hybridized carbons (Fsp3) is 0.364. The minimum atomic E-state index is -0.241. The highest BCUT2D eigenvalue weighted by Gasteiger charge is 2.23. The monoisotopic (exact) mass is 375 g/mol. The molecule has 1 atom stereocenters. The molecule has 0 radical (unpaired) electrons. The first-order valence-corrected chi connectivity index (χ1v) is 9.93. The first kappa shape index (κ1) is 18.3. The molecule has 1 fully saturated rings. The Morgan fingerprint density at radius 1 is 1.21 bits per heavy atom. The van der Waals surface area contributed by atoms with E-state index in [0.717, 1.165) is 36.1 Å². The van der Waals surface area contributed by atoms with Gasteiger partial charge in [0.1, 0.15) is 17.3 Å². The van der Waals surface area contributed by atoms with Crippen molar-refractivity contribution in [2.24, 2.45) is 0 Å². The van der Waals surface area contributed by atoms with E-state index in [-0.39, 0.29) is 5.91 Å². The molecule has 0 spiro atoms. The number of hydrogen-bond acceptors (Lipinski definition) is 5. The van der Waals surface area contributed by atoms with Gasteiger partial charge in [0, 0.05) is 30.2 Å². The van der Waals surface area contributed by atoms with E-state index >= 15 is 0 Å². The van der Waals surface area contributed by atoms with Gasteiger partial charge < -0.3 is 10.2 Å². The van der Waals surface area contributed by atoms with Gasteiger partial charge in [-0.2, -0.15) is 0 Å². The second kappa shape index (κ2) is 7.92. The van der Waals surface area contributed by atoms with E-state index < -0.39 is 0 Å². The summed E-state index contributed by atoms with van der Waals surface area (Å²) in [5.41, 5.74) is 1.84. The highest BCUT2D eigenvalue weighted by atomic mass is 16.1. The number of aromatic nitrogens is 3. The van der Waals surface area contributed by atoms with E-state index in [2.05, 4.69) is 32.1 Å². The van der Waals surface area contributed by atoms with Crippen LogP contribution in [0.25, 0.3) is 10.9 Å². The van der Waals surface area contributed by atoms with Crippen LogP contribution in [0.15, 0.2) is 42.6 Å². The minimum Gasteiger partial charge on any atom is -0.354 e. The predicted molar refractivity (Wildman–Crippen MR) is 112 cm³/mol. The maximum absolute atomic E-state index is 12.9. The second-order valence-electron chi connectivity index (χ2n) is 7.24. The standard InChI is InChI=1S/C22H25N5O/c1-3-17-10-4-5-13-27(17)20-14-19(24-15(2)25-20)22(28)26-18-11-6-8-16-9-7-12-23-21(16)18/h6-9,11-12,14,17H,3-5,10,13H2,1-2H3,(H,26,28). The molecule has 1 amide bonds. The van der Waals surface area contributed by atoms with Crippen LogP contribution in [0.1, 0.15) is 48.9 Å². The number of nitrogens with one attached hydrogen (secondary N) is 1. The molecular formula is C22H25N5O. The van der Waals surface area contributed by atoms with Crippen LogP contribution in [-0.4, -0.2) is 33.4 Å². The Hall–Kier alpha value is -3.02. The number of carbonyl (C=O) groups is 1. The number of para-hydroxylation sites is 1. The Bertz CT molecular complexity index is 998. The van der Waals surface area contributed by atoms with Gasteiger partial charge in [-0.15, -0.1) is 0 Å². The Morgan fingerprint density at radius 3 is 2.93 bits per heavy atom. The summed E-state index contributed by atoms with van der Waals surface area (Å²) in [4.78, 5) is 28.7. The van der Waals surface area contributed by atoms with Crippen LogP contribution in [0.3, 0.4) is 0 Å². The normalized spacial score (nSPS) is 16.9. The molecule has 28 heavy (non-hydrogen) atoms. The second-order valence-corrected chi connectivity index (χ2v) is 7.24. The third-order valence-electron chi connectivity index (χ3n) is 5.33. The highest BCUT2D eigenvalue weighted by Crippen LogP contribution is 2.26. The van der Waals surface area contributed by atoms with Gasteiger partial charge in [0.15, 0.2) is 0 Å². The van der Waals surface area contributed by atoms with E-state index in [0.29, 0.717) is 23.2 Å². The van der Waals surface area contributed by atoms with Crippen LogP contribution >= 0.6 is 0 Å². The van der Waals surface area contributed by atoms with Gasteiger partial charge in [-0.25, -0.2) is 9.97 Å². The molecule has 1 aliphatic rings. The molecule has 0 bridgehead atoms. The molecule has 1 N–H and O–H groups in total. The van der Waals surface area contributed by atoms with Crippen molar-refractivity contribution < 1.29 is 4.79 Å². The van der Waals surface area contributed by atoms with Crippen LogP contribution in [0, 0.1) is 6.92 Å². The SMILES string of the molecule is CCC1CCCCN1c1cc(C(=O)Nc2cccc3cccnc23)nc(C)n1. The summed E-state index contributed by atoms with van der Waals surface area (Å²) in [6, 6.07) is 11.9. The molecule has 0 aliphatic carbocycles. The van der Waals surface area contributed by atoms with Gasteiger partial charge in [-0.05, 0) is 44.7 Å². The number of benzene rings is 1. The average molecular weight is 375 g/mol. The lowest BCUT2D eigenvalue weighted by Crippen LogP contribution is -2.40. The quantitative estimate of drug-likeness (QED) is 0.734. The molecule has 4 rings (SSSR count). The topological polar surface area (TPSA) is 71.0 Å². The third-order valence-corrected chi connectivity index (χ3v) is 5.33. The van der Waals surface area contributed by atoms with Crippen molar-refractivity contribution in [2.45, 2.75) is 45.6 Å². The first-order chi connectivity index (χ1) is 13.7. The summed E-state index contributed by atoms with van der Waals surface area (Å²) < 4.78 is 0. The van der Waals surface area contributed by atoms with Crippen LogP contribution in [0.2, 0.25) is 0 Å². The number of carbonyl (C=O) groups excluding carboxylic acids is 1. The number of aryl methyl sites for hydroxylation is 1. The lowest BCUT2D eigenvalue weighted by atomic mass is 10.00. The molecule has 1 unspecified atom stereocenters. The van der Waals surface area contributed by atoms with E-state index in [4.69, 9.17) is 0 Å². The number of anilines is 2. The molecule has 1 aliphatic heterocycles. The maximum atomic E-state index is 12.9. The number of fused-ring (bicyclic) bond motifs is 1. The number of pyridine rings is 1. The fourth-order valence-corrected chi connectivity index (χ4v) is 3.93. The van der Waals surface area contributed by atoms with Crippen LogP contribution in [-0.2, 0) is 0 Å². The molecule has 6 heteroatoms. The zero-order valence-corrected chi connectivity index (χ0v) is 16.4. The molecular weight excluding hydrogens is 350 g/mol. The fourth-order valence-electron chi connectivity index (χ4n) is 3.93. The van der Waals surface area contributed by atoms with Crippen molar-refractivity contribution >= 4 is 28.3 Å². The van der Waals surface area contributed by atoms with Crippen molar-refractivity contribution in [3.63, 3.8) is 0 Å². The summed E-state index contributed by atoms with van der Waals surface area (Å²) in [6.45, 7) is 5.02. The minimum absolute atomic E-state index is 0.241. The van der Waals surface area contributed by atoms with E-state index in [1.54, 1.807) is 6.20 Å². The van der Waals surface area contributed by atoms with Crippen LogP contribution < -0.4 is 10.2 Å². The highest BCUT2D eigenvalue weighted by molar-refractivity contribution is 6.07. The van der Waals surface area contributed by atoms with Gasteiger partial charge in [-0.3, -0.25) is 9.78 Å². The van der Waals surface area contributed by atoms with Crippen LogP contribution in [0.4, 0.5) is 11.5 Å². The van der Waals surface area contributed by atoms with Crippen molar-refractivity contribution in [3.8, 4) is 0 Å². The van der Waals surface area contributed by atoms with E-state index in [1.165, 1.54) is 12.8 Å². The molecule has 3 heterocycles. The molecule has 144 valence electrons. The van der Waals surface area contributed by atoms with Gasteiger partial charge in [-0.1, -0.05) is 25.1 Å². The van der Waals surface area contributed by atoms with Gasteiger partial charge >= 0.3 is 0 Å². The molecule has 6 nitrogen and oxygen atoms in total. The molecule has 0 saturated carbocycles. The average Bonchev–Trinajstić information content (AvgIpc) is 2.73. The molecule has 1 saturated heterocycles.